The summed E-state index contributed by atoms with van der Waals surface area (Å²) in [7, 11) is 1.76. The van der Waals surface area contributed by atoms with Crippen LogP contribution in [0.4, 0.5) is 5.95 Å². The molecule has 0 saturated carbocycles. The molecule has 1 amide bonds. The first kappa shape index (κ1) is 18.9. The van der Waals surface area contributed by atoms with Crippen LogP contribution in [0.15, 0.2) is 18.5 Å². The van der Waals surface area contributed by atoms with Crippen LogP contribution in [0.2, 0.25) is 0 Å². The number of anilines is 1. The predicted molar refractivity (Wildman–Crippen MR) is 105 cm³/mol. The zero-order valence-electron chi connectivity index (χ0n) is 16.7. The molecule has 2 aromatic rings. The molecule has 0 radical (unpaired) electrons. The Labute approximate surface area is 165 Å². The maximum Gasteiger partial charge on any atom is 0.270 e. The highest BCUT2D eigenvalue weighted by molar-refractivity contribution is 5.92. The lowest BCUT2D eigenvalue weighted by molar-refractivity contribution is 0.0909. The molecular formula is C20H28N6O2. The molecule has 2 aliphatic rings. The van der Waals surface area contributed by atoms with Crippen LogP contribution in [0, 0.1) is 5.41 Å². The van der Waals surface area contributed by atoms with Crippen LogP contribution in [0.5, 0.6) is 0 Å². The lowest BCUT2D eigenvalue weighted by atomic mass is 9.74. The summed E-state index contributed by atoms with van der Waals surface area (Å²) in [6, 6.07) is 1.59. The number of aliphatic hydroxyl groups is 1. The van der Waals surface area contributed by atoms with E-state index in [0.29, 0.717) is 5.69 Å². The first-order valence-electron chi connectivity index (χ1n) is 9.90. The van der Waals surface area contributed by atoms with Crippen LogP contribution in [-0.2, 0) is 13.5 Å². The molecule has 8 nitrogen and oxygen atoms in total. The van der Waals surface area contributed by atoms with Gasteiger partial charge in [-0.3, -0.25) is 9.48 Å². The van der Waals surface area contributed by atoms with Crippen molar-refractivity contribution in [1.29, 1.82) is 0 Å². The van der Waals surface area contributed by atoms with Gasteiger partial charge in [-0.05, 0) is 37.2 Å². The minimum absolute atomic E-state index is 0.0289. The van der Waals surface area contributed by atoms with Crippen molar-refractivity contribution >= 4 is 11.9 Å². The number of carbonyl (C=O) groups excluding carboxylic acids is 1. The molecule has 3 heterocycles. The van der Waals surface area contributed by atoms with Gasteiger partial charge in [0.2, 0.25) is 5.95 Å². The smallest absolute Gasteiger partial charge is 0.270 e. The Hall–Kier alpha value is -2.48. The molecule has 1 atom stereocenters. The van der Waals surface area contributed by atoms with Crippen LogP contribution in [0.25, 0.3) is 0 Å². The molecule has 8 heteroatoms. The normalized spacial score (nSPS) is 22.0. The predicted octanol–water partition coefficient (Wildman–Crippen LogP) is 1.61. The summed E-state index contributed by atoms with van der Waals surface area (Å²) in [6.07, 6.45) is 6.45. The lowest BCUT2D eigenvalue weighted by Gasteiger charge is -2.37. The largest absolute Gasteiger partial charge is 0.393 e. The molecule has 0 bridgehead atoms. The molecule has 1 saturated heterocycles. The first-order chi connectivity index (χ1) is 13.3. The molecule has 28 heavy (non-hydrogen) atoms. The molecule has 0 spiro atoms. The third-order valence-corrected chi connectivity index (χ3v) is 5.77. The maximum absolute atomic E-state index is 12.7. The van der Waals surface area contributed by atoms with E-state index in [1.165, 1.54) is 0 Å². The van der Waals surface area contributed by atoms with Crippen molar-refractivity contribution in [3.63, 3.8) is 0 Å². The van der Waals surface area contributed by atoms with Crippen LogP contribution in [0.3, 0.4) is 0 Å². The van der Waals surface area contributed by atoms with E-state index in [2.05, 4.69) is 34.1 Å². The highest BCUT2D eigenvalue weighted by Gasteiger charge is 2.35. The molecular weight excluding hydrogens is 356 g/mol. The Bertz CT molecular complexity index is 869. The van der Waals surface area contributed by atoms with E-state index in [9.17, 15) is 9.90 Å². The summed E-state index contributed by atoms with van der Waals surface area (Å²) in [5, 5.41) is 17.0. The van der Waals surface area contributed by atoms with Gasteiger partial charge in [-0.25, -0.2) is 9.97 Å². The van der Waals surface area contributed by atoms with Crippen molar-refractivity contribution in [3.8, 4) is 0 Å². The Kier molecular flexibility index (Phi) is 4.82. The number of nitrogens with zero attached hydrogens (tertiary/aromatic N) is 5. The summed E-state index contributed by atoms with van der Waals surface area (Å²) in [5.74, 6) is 0.586. The van der Waals surface area contributed by atoms with Gasteiger partial charge in [0.1, 0.15) is 5.69 Å². The number of amides is 1. The summed E-state index contributed by atoms with van der Waals surface area (Å²) in [4.78, 5) is 24.3. The highest BCUT2D eigenvalue weighted by Crippen LogP contribution is 2.40. The van der Waals surface area contributed by atoms with Crippen LogP contribution in [0.1, 0.15) is 60.9 Å². The number of hydrogen-bond donors (Lipinski definition) is 2. The fourth-order valence-electron chi connectivity index (χ4n) is 4.21. The Morgan fingerprint density at radius 3 is 2.75 bits per heavy atom. The fourth-order valence-corrected chi connectivity index (χ4v) is 4.21. The minimum Gasteiger partial charge on any atom is -0.393 e. The third kappa shape index (κ3) is 3.73. The first-order valence-corrected chi connectivity index (χ1v) is 9.90. The Balaban J connectivity index is 1.59. The average molecular weight is 384 g/mol. The number of aryl methyl sites for hydroxylation is 1. The van der Waals surface area contributed by atoms with E-state index in [4.69, 9.17) is 4.98 Å². The van der Waals surface area contributed by atoms with Gasteiger partial charge in [0, 0.05) is 38.1 Å². The molecule has 1 fully saturated rings. The van der Waals surface area contributed by atoms with E-state index >= 15 is 0 Å². The standard InChI is InChI=1S/C20H28N6O2/c1-20(2)10-15(23-18(28)17-4-7-22-25(17)3)14-12-21-19(24-16(14)11-20)26-8-5-13(27)6-9-26/h4,7,12-13,15,27H,5-6,8-11H2,1-3H3,(H,23,28)/t15-/m0/s1. The quantitative estimate of drug-likeness (QED) is 0.835. The number of piperidine rings is 1. The lowest BCUT2D eigenvalue weighted by Crippen LogP contribution is -2.39. The van der Waals surface area contributed by atoms with Crippen LogP contribution >= 0.6 is 0 Å². The maximum atomic E-state index is 12.7. The molecule has 0 aromatic carbocycles. The van der Waals surface area contributed by atoms with Crippen LogP contribution in [-0.4, -0.2) is 50.0 Å². The number of fused-ring (bicyclic) bond motifs is 1. The van der Waals surface area contributed by atoms with Crippen molar-refractivity contribution in [2.45, 2.75) is 51.7 Å². The van der Waals surface area contributed by atoms with Gasteiger partial charge in [0.25, 0.3) is 5.91 Å². The number of rotatable bonds is 3. The fraction of sp³-hybridized carbons (Fsp3) is 0.600. The summed E-state index contributed by atoms with van der Waals surface area (Å²) < 4.78 is 1.58. The van der Waals surface area contributed by atoms with E-state index in [0.717, 1.165) is 56.0 Å². The second kappa shape index (κ2) is 7.16. The topological polar surface area (TPSA) is 96.2 Å². The second-order valence-corrected chi connectivity index (χ2v) is 8.70. The summed E-state index contributed by atoms with van der Waals surface area (Å²) in [6.45, 7) is 5.95. The molecule has 0 unspecified atom stereocenters. The number of aromatic nitrogens is 4. The van der Waals surface area contributed by atoms with Crippen molar-refractivity contribution in [1.82, 2.24) is 25.1 Å². The zero-order valence-corrected chi connectivity index (χ0v) is 16.7. The van der Waals surface area contributed by atoms with E-state index < -0.39 is 0 Å². The molecule has 150 valence electrons. The molecule has 1 aliphatic carbocycles. The van der Waals surface area contributed by atoms with Gasteiger partial charge in [-0.1, -0.05) is 13.8 Å². The monoisotopic (exact) mass is 384 g/mol. The van der Waals surface area contributed by atoms with Crippen molar-refractivity contribution in [2.75, 3.05) is 18.0 Å². The zero-order chi connectivity index (χ0) is 19.9. The number of nitrogens with one attached hydrogen (secondary N) is 1. The van der Waals surface area contributed by atoms with Gasteiger partial charge in [-0.2, -0.15) is 5.10 Å². The summed E-state index contributed by atoms with van der Waals surface area (Å²) >= 11 is 0. The molecule has 1 aliphatic heterocycles. The van der Waals surface area contributed by atoms with Crippen molar-refractivity contribution in [3.05, 3.63) is 35.4 Å². The van der Waals surface area contributed by atoms with Gasteiger partial charge in [-0.15, -0.1) is 0 Å². The Morgan fingerprint density at radius 2 is 2.07 bits per heavy atom. The molecule has 2 aromatic heterocycles. The van der Waals surface area contributed by atoms with Crippen molar-refractivity contribution < 1.29 is 9.90 Å². The summed E-state index contributed by atoms with van der Waals surface area (Å²) in [5.41, 5.74) is 2.56. The SMILES string of the molecule is Cn1nccc1C(=O)N[C@H]1CC(C)(C)Cc2nc(N3CCC(O)CC3)ncc21. The van der Waals surface area contributed by atoms with Gasteiger partial charge < -0.3 is 15.3 Å². The second-order valence-electron chi connectivity index (χ2n) is 8.70. The number of carbonyl (C=O) groups is 1. The third-order valence-electron chi connectivity index (χ3n) is 5.77. The average Bonchev–Trinajstić information content (AvgIpc) is 3.07. The van der Waals surface area contributed by atoms with Gasteiger partial charge >= 0.3 is 0 Å². The molecule has 2 N–H and O–H groups in total. The van der Waals surface area contributed by atoms with E-state index in [-0.39, 0.29) is 23.5 Å². The van der Waals surface area contributed by atoms with E-state index in [1.54, 1.807) is 24.0 Å². The van der Waals surface area contributed by atoms with Gasteiger partial charge in [0.15, 0.2) is 0 Å². The number of aliphatic hydroxyl groups excluding tert-OH is 1. The van der Waals surface area contributed by atoms with E-state index in [1.807, 2.05) is 6.20 Å². The number of hydrogen-bond acceptors (Lipinski definition) is 6. The van der Waals surface area contributed by atoms with Crippen molar-refractivity contribution in [2.24, 2.45) is 12.5 Å². The minimum atomic E-state index is -0.223. The van der Waals surface area contributed by atoms with Gasteiger partial charge in [0.05, 0.1) is 17.8 Å². The van der Waals surface area contributed by atoms with Crippen LogP contribution < -0.4 is 10.2 Å². The highest BCUT2D eigenvalue weighted by atomic mass is 16.3. The Morgan fingerprint density at radius 1 is 1.32 bits per heavy atom. The molecule has 4 rings (SSSR count).